The molecule has 1 N–H and O–H groups in total. The van der Waals surface area contributed by atoms with Crippen LogP contribution >= 0.6 is 11.3 Å². The second-order valence-electron chi connectivity index (χ2n) is 6.72. The number of aromatic nitrogens is 2. The molecule has 0 aliphatic carbocycles. The maximum atomic E-state index is 13.1. The van der Waals surface area contributed by atoms with Crippen molar-refractivity contribution >= 4 is 22.9 Å². The van der Waals surface area contributed by atoms with Crippen LogP contribution in [0, 0.1) is 6.92 Å². The fraction of sp³-hybridized carbons (Fsp3) is 0.286. The number of hydrogen-bond donors (Lipinski definition) is 1. The number of nitrogens with zero attached hydrogens (tertiary/aromatic N) is 2. The van der Waals surface area contributed by atoms with Crippen molar-refractivity contribution in [1.29, 1.82) is 0 Å². The van der Waals surface area contributed by atoms with Crippen LogP contribution in [-0.4, -0.2) is 36.0 Å². The summed E-state index contributed by atoms with van der Waals surface area (Å²) in [6.45, 7) is 1.74. The molecule has 1 aromatic carbocycles. The topological polar surface area (TPSA) is 82.4 Å². The lowest BCUT2D eigenvalue weighted by molar-refractivity contribution is -0.137. The molecule has 3 rings (SSSR count). The van der Waals surface area contributed by atoms with Gasteiger partial charge in [0.2, 0.25) is 5.91 Å². The molecule has 32 heavy (non-hydrogen) atoms. The van der Waals surface area contributed by atoms with E-state index in [0.717, 1.165) is 32.6 Å². The maximum absolute atomic E-state index is 13.1. The predicted octanol–water partition coefficient (Wildman–Crippen LogP) is 3.96. The molecular formula is C21H20F3N3O4S. The molecule has 2 aromatic heterocycles. The molecule has 3 aromatic rings. The minimum atomic E-state index is -4.60. The second-order valence-corrected chi connectivity index (χ2v) is 8.01. The minimum absolute atomic E-state index is 0.0477. The number of carbonyl (C=O) groups is 1. The Morgan fingerprint density at radius 2 is 1.94 bits per heavy atom. The van der Waals surface area contributed by atoms with E-state index in [0.29, 0.717) is 5.69 Å². The summed E-state index contributed by atoms with van der Waals surface area (Å²) in [6, 6.07) is 9.35. The average Bonchev–Trinajstić information content (AvgIpc) is 3.16. The molecule has 7 nitrogen and oxygen atoms in total. The van der Waals surface area contributed by atoms with Crippen LogP contribution in [0.5, 0.6) is 5.75 Å². The number of aryl methyl sites for hydroxylation is 1. The molecule has 11 heteroatoms. The van der Waals surface area contributed by atoms with E-state index >= 15 is 0 Å². The van der Waals surface area contributed by atoms with E-state index in [9.17, 15) is 22.8 Å². The summed E-state index contributed by atoms with van der Waals surface area (Å²) in [5.41, 5.74) is -1.12. The van der Waals surface area contributed by atoms with E-state index < -0.39 is 29.8 Å². The van der Waals surface area contributed by atoms with E-state index in [4.69, 9.17) is 9.47 Å². The zero-order valence-corrected chi connectivity index (χ0v) is 18.0. The van der Waals surface area contributed by atoms with Gasteiger partial charge >= 0.3 is 6.18 Å². The van der Waals surface area contributed by atoms with E-state index in [-0.39, 0.29) is 24.7 Å². The van der Waals surface area contributed by atoms with Crippen molar-refractivity contribution in [2.75, 3.05) is 25.6 Å². The largest absolute Gasteiger partial charge is 0.489 e. The van der Waals surface area contributed by atoms with Crippen LogP contribution < -0.4 is 15.6 Å². The van der Waals surface area contributed by atoms with Gasteiger partial charge in [-0.05, 0) is 43.3 Å². The van der Waals surface area contributed by atoms with Crippen LogP contribution in [-0.2, 0) is 22.3 Å². The third-order valence-corrected chi connectivity index (χ3v) is 5.30. The van der Waals surface area contributed by atoms with Gasteiger partial charge in [0.1, 0.15) is 24.6 Å². The Kier molecular flexibility index (Phi) is 7.31. The molecule has 0 bridgehead atoms. The molecule has 0 fully saturated rings. The number of carbonyl (C=O) groups excluding carboxylic acids is 1. The molecule has 0 atom stereocenters. The molecule has 0 saturated heterocycles. The first-order chi connectivity index (χ1) is 15.2. The summed E-state index contributed by atoms with van der Waals surface area (Å²) >= 11 is 1.48. The van der Waals surface area contributed by atoms with Gasteiger partial charge in [0.05, 0.1) is 22.7 Å². The highest BCUT2D eigenvalue weighted by atomic mass is 32.1. The van der Waals surface area contributed by atoms with Crippen molar-refractivity contribution in [3.8, 4) is 16.3 Å². The van der Waals surface area contributed by atoms with E-state index in [2.05, 4.69) is 10.4 Å². The fourth-order valence-corrected chi connectivity index (χ4v) is 3.59. The van der Waals surface area contributed by atoms with Gasteiger partial charge < -0.3 is 14.8 Å². The molecule has 0 saturated carbocycles. The summed E-state index contributed by atoms with van der Waals surface area (Å²) in [5, 5.41) is 6.59. The highest BCUT2D eigenvalue weighted by molar-refractivity contribution is 7.15. The first-order valence-electron chi connectivity index (χ1n) is 9.45. The number of nitrogens with one attached hydrogen (secondary N) is 1. The van der Waals surface area contributed by atoms with Crippen LogP contribution in [0.1, 0.15) is 10.4 Å². The normalized spacial score (nSPS) is 11.4. The van der Waals surface area contributed by atoms with Gasteiger partial charge in [-0.1, -0.05) is 0 Å². The van der Waals surface area contributed by atoms with Crippen LogP contribution in [0.15, 0.2) is 47.3 Å². The number of ether oxygens (including phenoxy) is 2. The van der Waals surface area contributed by atoms with Crippen LogP contribution in [0.2, 0.25) is 0 Å². The van der Waals surface area contributed by atoms with Crippen molar-refractivity contribution in [1.82, 2.24) is 9.78 Å². The Labute approximate surface area is 185 Å². The molecule has 1 amide bonds. The van der Waals surface area contributed by atoms with Gasteiger partial charge in [-0.3, -0.25) is 9.59 Å². The quantitative estimate of drug-likeness (QED) is 0.507. The molecule has 170 valence electrons. The van der Waals surface area contributed by atoms with Gasteiger partial charge in [0.25, 0.3) is 5.56 Å². The zero-order valence-electron chi connectivity index (χ0n) is 17.2. The number of rotatable bonds is 8. The maximum Gasteiger partial charge on any atom is 0.416 e. The highest BCUT2D eigenvalue weighted by Gasteiger charge is 2.31. The number of halogens is 3. The van der Waals surface area contributed by atoms with Gasteiger partial charge in [-0.15, -0.1) is 11.3 Å². The number of alkyl halides is 3. The third kappa shape index (κ3) is 5.95. The zero-order chi connectivity index (χ0) is 23.3. The molecule has 0 spiro atoms. The molecule has 0 radical (unpaired) electrons. The predicted molar refractivity (Wildman–Crippen MR) is 114 cm³/mol. The van der Waals surface area contributed by atoms with Crippen LogP contribution in [0.4, 0.5) is 18.9 Å². The summed E-state index contributed by atoms with van der Waals surface area (Å²) in [7, 11) is 1.45. The van der Waals surface area contributed by atoms with E-state index in [1.807, 2.05) is 19.1 Å². The van der Waals surface area contributed by atoms with Gasteiger partial charge in [-0.2, -0.15) is 18.3 Å². The highest BCUT2D eigenvalue weighted by Crippen LogP contribution is 2.35. The number of anilines is 1. The number of thiophene rings is 1. The van der Waals surface area contributed by atoms with E-state index in [1.54, 1.807) is 6.07 Å². The van der Waals surface area contributed by atoms with Crippen molar-refractivity contribution in [2.24, 2.45) is 0 Å². The Bertz CT molecular complexity index is 1160. The first-order valence-corrected chi connectivity index (χ1v) is 10.3. The van der Waals surface area contributed by atoms with Crippen LogP contribution in [0.25, 0.3) is 10.6 Å². The Hall–Kier alpha value is -3.18. The third-order valence-electron chi connectivity index (χ3n) is 4.28. The lowest BCUT2D eigenvalue weighted by Gasteiger charge is -2.15. The summed E-state index contributed by atoms with van der Waals surface area (Å²) in [5.74, 6) is -0.679. The standard InChI is InChI=1S/C21H20F3N3O4S/c1-13-3-7-18(32-13)15-5-8-20(29)27(26-15)12-19(28)25-16-11-14(21(22,23)24)4-6-17(16)31-10-9-30-2/h3-8,11H,9-10,12H2,1-2H3,(H,25,28). The van der Waals surface area contributed by atoms with Gasteiger partial charge in [0, 0.05) is 18.1 Å². The number of amides is 1. The Morgan fingerprint density at radius 3 is 2.59 bits per heavy atom. The lowest BCUT2D eigenvalue weighted by atomic mass is 10.1. The molecule has 0 aliphatic rings. The smallest absolute Gasteiger partial charge is 0.416 e. The summed E-state index contributed by atoms with van der Waals surface area (Å²) in [4.78, 5) is 26.6. The average molecular weight is 467 g/mol. The Balaban J connectivity index is 1.82. The number of methoxy groups -OCH3 is 1. The van der Waals surface area contributed by atoms with Gasteiger partial charge in [0.15, 0.2) is 0 Å². The van der Waals surface area contributed by atoms with Crippen molar-refractivity contribution in [2.45, 2.75) is 19.6 Å². The van der Waals surface area contributed by atoms with Crippen LogP contribution in [0.3, 0.4) is 0 Å². The van der Waals surface area contributed by atoms with Crippen molar-refractivity contribution in [3.63, 3.8) is 0 Å². The molecular weight excluding hydrogens is 447 g/mol. The van der Waals surface area contributed by atoms with Crippen molar-refractivity contribution < 1.29 is 27.4 Å². The fourth-order valence-electron chi connectivity index (χ4n) is 2.76. The second kappa shape index (κ2) is 9.96. The number of hydrogen-bond acceptors (Lipinski definition) is 6. The SMILES string of the molecule is COCCOc1ccc(C(F)(F)F)cc1NC(=O)Cn1nc(-c2ccc(C)s2)ccc1=O. The van der Waals surface area contributed by atoms with Crippen molar-refractivity contribution in [3.05, 3.63) is 63.3 Å². The minimum Gasteiger partial charge on any atom is -0.489 e. The first kappa shape index (κ1) is 23.5. The Morgan fingerprint density at radius 1 is 1.16 bits per heavy atom. The van der Waals surface area contributed by atoms with E-state index in [1.165, 1.54) is 24.5 Å². The lowest BCUT2D eigenvalue weighted by Crippen LogP contribution is -2.29. The summed E-state index contributed by atoms with van der Waals surface area (Å²) in [6.07, 6.45) is -4.60. The molecule has 0 unspecified atom stereocenters. The summed E-state index contributed by atoms with van der Waals surface area (Å²) < 4.78 is 50.6. The molecule has 0 aliphatic heterocycles. The number of benzene rings is 1. The molecule has 2 heterocycles. The monoisotopic (exact) mass is 467 g/mol. The van der Waals surface area contributed by atoms with Gasteiger partial charge in [-0.25, -0.2) is 4.68 Å².